The smallest absolute Gasteiger partial charge is 0.245 e. The Balaban J connectivity index is 2.29. The Morgan fingerprint density at radius 3 is 2.94 bits per heavy atom. The molecule has 2 N–H and O–H groups in total. The highest BCUT2D eigenvalue weighted by atomic mass is 35.5. The van der Waals surface area contributed by atoms with Crippen LogP contribution in [-0.4, -0.2) is 17.8 Å². The van der Waals surface area contributed by atoms with E-state index in [1.54, 1.807) is 4.90 Å². The Kier molecular flexibility index (Phi) is 3.06. The maximum absolute atomic E-state index is 11.9. The van der Waals surface area contributed by atoms with E-state index in [0.29, 0.717) is 5.69 Å². The summed E-state index contributed by atoms with van der Waals surface area (Å²) in [5.41, 5.74) is 8.42. The van der Waals surface area contributed by atoms with Crippen LogP contribution in [0.5, 0.6) is 0 Å². The van der Waals surface area contributed by atoms with Gasteiger partial charge in [-0.15, -0.1) is 11.6 Å². The summed E-state index contributed by atoms with van der Waals surface area (Å²) < 4.78 is 0. The average Bonchev–Trinajstić information content (AvgIpc) is 2.26. The lowest BCUT2D eigenvalue weighted by Gasteiger charge is -2.29. The Labute approximate surface area is 100 Å². The van der Waals surface area contributed by atoms with Crippen molar-refractivity contribution in [3.63, 3.8) is 0 Å². The van der Waals surface area contributed by atoms with Crippen molar-refractivity contribution in [2.75, 3.05) is 17.2 Å². The second kappa shape index (κ2) is 4.34. The Bertz CT molecular complexity index is 419. The molecule has 3 nitrogen and oxygen atoms in total. The zero-order chi connectivity index (χ0) is 11.7. The molecule has 1 heterocycles. The van der Waals surface area contributed by atoms with Crippen molar-refractivity contribution < 1.29 is 4.79 Å². The third kappa shape index (κ3) is 2.00. The van der Waals surface area contributed by atoms with E-state index < -0.39 is 5.38 Å². The normalized spacial score (nSPS) is 21.2. The van der Waals surface area contributed by atoms with Gasteiger partial charge in [-0.2, -0.15) is 0 Å². The summed E-state index contributed by atoms with van der Waals surface area (Å²) in [5.74, 6) is -0.0174. The predicted octanol–water partition coefficient (Wildman–Crippen LogP) is 2.31. The zero-order valence-corrected chi connectivity index (χ0v) is 10.00. The molecular formula is C12H15ClN2O. The lowest BCUT2D eigenvalue weighted by Crippen LogP contribution is -2.42. The summed E-state index contributed by atoms with van der Waals surface area (Å²) in [6.45, 7) is 2.67. The number of anilines is 2. The molecule has 0 radical (unpaired) electrons. The lowest BCUT2D eigenvalue weighted by molar-refractivity contribution is -0.119. The van der Waals surface area contributed by atoms with Crippen LogP contribution in [0.15, 0.2) is 18.2 Å². The molecular weight excluding hydrogens is 224 g/mol. The second-order valence-corrected chi connectivity index (χ2v) is 4.67. The van der Waals surface area contributed by atoms with Crippen molar-refractivity contribution in [3.8, 4) is 0 Å². The van der Waals surface area contributed by atoms with Gasteiger partial charge in [-0.25, -0.2) is 0 Å². The van der Waals surface area contributed by atoms with E-state index >= 15 is 0 Å². The zero-order valence-electron chi connectivity index (χ0n) is 9.24. The number of alkyl halides is 1. The third-order valence-corrected chi connectivity index (χ3v) is 3.35. The quantitative estimate of drug-likeness (QED) is 0.603. The molecule has 4 heteroatoms. The number of rotatable bonds is 1. The number of halogens is 1. The number of hydrogen-bond donors (Lipinski definition) is 1. The van der Waals surface area contributed by atoms with Crippen LogP contribution in [0.25, 0.3) is 0 Å². The summed E-state index contributed by atoms with van der Waals surface area (Å²) >= 11 is 5.96. The second-order valence-electron chi connectivity index (χ2n) is 4.14. The Morgan fingerprint density at radius 1 is 1.50 bits per heavy atom. The van der Waals surface area contributed by atoms with E-state index in [4.69, 9.17) is 17.3 Å². The van der Waals surface area contributed by atoms with E-state index in [2.05, 4.69) is 0 Å². The highest BCUT2D eigenvalue weighted by Crippen LogP contribution is 2.26. The minimum Gasteiger partial charge on any atom is -0.398 e. The van der Waals surface area contributed by atoms with Crippen molar-refractivity contribution in [2.24, 2.45) is 0 Å². The number of aryl methyl sites for hydroxylation is 1. The predicted molar refractivity (Wildman–Crippen MR) is 66.8 cm³/mol. The molecule has 1 atom stereocenters. The van der Waals surface area contributed by atoms with Gasteiger partial charge in [0, 0.05) is 17.9 Å². The maximum Gasteiger partial charge on any atom is 0.245 e. The molecule has 0 aliphatic carbocycles. The summed E-state index contributed by atoms with van der Waals surface area (Å²) in [7, 11) is 0. The van der Waals surface area contributed by atoms with Gasteiger partial charge in [-0.05, 0) is 37.5 Å². The first-order valence-corrected chi connectivity index (χ1v) is 5.85. The van der Waals surface area contributed by atoms with Gasteiger partial charge >= 0.3 is 0 Å². The topological polar surface area (TPSA) is 46.3 Å². The molecule has 1 amide bonds. The van der Waals surface area contributed by atoms with Crippen molar-refractivity contribution in [1.29, 1.82) is 0 Å². The highest BCUT2D eigenvalue weighted by Gasteiger charge is 2.27. The molecule has 1 aliphatic heterocycles. The molecule has 1 fully saturated rings. The van der Waals surface area contributed by atoms with Gasteiger partial charge in [0.25, 0.3) is 0 Å². The molecule has 86 valence electrons. The summed E-state index contributed by atoms with van der Waals surface area (Å²) in [5, 5.41) is -0.392. The number of nitrogens with two attached hydrogens (primary N) is 1. The summed E-state index contributed by atoms with van der Waals surface area (Å²) in [6, 6.07) is 5.68. The first-order chi connectivity index (χ1) is 7.59. The van der Waals surface area contributed by atoms with E-state index in [0.717, 1.165) is 30.6 Å². The van der Waals surface area contributed by atoms with Crippen molar-refractivity contribution in [2.45, 2.75) is 25.1 Å². The number of carbonyl (C=O) groups excluding carboxylic acids is 1. The molecule has 1 aromatic carbocycles. The van der Waals surface area contributed by atoms with Crippen molar-refractivity contribution >= 4 is 28.9 Å². The molecule has 1 aromatic rings. The lowest BCUT2D eigenvalue weighted by atomic mass is 10.1. The first-order valence-electron chi connectivity index (χ1n) is 5.41. The fraction of sp³-hybridized carbons (Fsp3) is 0.417. The molecule has 0 spiro atoms. The monoisotopic (exact) mass is 238 g/mol. The van der Waals surface area contributed by atoms with E-state index in [-0.39, 0.29) is 5.91 Å². The number of amides is 1. The largest absolute Gasteiger partial charge is 0.398 e. The number of carbonyl (C=O) groups is 1. The van der Waals surface area contributed by atoms with Gasteiger partial charge in [-0.3, -0.25) is 4.79 Å². The molecule has 0 saturated carbocycles. The van der Waals surface area contributed by atoms with Crippen molar-refractivity contribution in [1.82, 2.24) is 0 Å². The third-order valence-electron chi connectivity index (χ3n) is 2.95. The van der Waals surface area contributed by atoms with Crippen LogP contribution in [0.4, 0.5) is 11.4 Å². The highest BCUT2D eigenvalue weighted by molar-refractivity contribution is 6.33. The fourth-order valence-electron chi connectivity index (χ4n) is 1.88. The van der Waals surface area contributed by atoms with Crippen LogP contribution in [0.1, 0.15) is 18.4 Å². The minimum absolute atomic E-state index is 0.0174. The number of nitrogens with zero attached hydrogens (tertiary/aromatic N) is 1. The molecule has 1 unspecified atom stereocenters. The number of benzene rings is 1. The standard InChI is InChI=1S/C12H15ClN2O/c1-8-4-5-9(7-11(8)14)15-6-2-3-10(13)12(15)16/h4-5,7,10H,2-3,6,14H2,1H3. The average molecular weight is 239 g/mol. The van der Waals surface area contributed by atoms with E-state index in [1.165, 1.54) is 0 Å². The summed E-state index contributed by atoms with van der Waals surface area (Å²) in [6.07, 6.45) is 1.70. The van der Waals surface area contributed by atoms with Gasteiger partial charge in [0.1, 0.15) is 5.38 Å². The first kappa shape index (κ1) is 11.3. The molecule has 1 aliphatic rings. The minimum atomic E-state index is -0.392. The molecule has 16 heavy (non-hydrogen) atoms. The van der Waals surface area contributed by atoms with Crippen LogP contribution in [0.2, 0.25) is 0 Å². The Morgan fingerprint density at radius 2 is 2.25 bits per heavy atom. The van der Waals surface area contributed by atoms with Gasteiger partial charge < -0.3 is 10.6 Å². The van der Waals surface area contributed by atoms with Gasteiger partial charge in [0.15, 0.2) is 0 Å². The van der Waals surface area contributed by atoms with Crippen LogP contribution >= 0.6 is 11.6 Å². The van der Waals surface area contributed by atoms with Crippen LogP contribution in [0, 0.1) is 6.92 Å². The fourth-order valence-corrected chi connectivity index (χ4v) is 2.16. The van der Waals surface area contributed by atoms with Gasteiger partial charge in [0.2, 0.25) is 5.91 Å². The number of piperidine rings is 1. The number of hydrogen-bond acceptors (Lipinski definition) is 2. The SMILES string of the molecule is Cc1ccc(N2CCCC(Cl)C2=O)cc1N. The molecule has 0 bridgehead atoms. The van der Waals surface area contributed by atoms with Crippen molar-refractivity contribution in [3.05, 3.63) is 23.8 Å². The van der Waals surface area contributed by atoms with E-state index in [9.17, 15) is 4.79 Å². The maximum atomic E-state index is 11.9. The van der Waals surface area contributed by atoms with Crippen LogP contribution in [-0.2, 0) is 4.79 Å². The molecule has 1 saturated heterocycles. The van der Waals surface area contributed by atoms with Crippen LogP contribution in [0.3, 0.4) is 0 Å². The van der Waals surface area contributed by atoms with Gasteiger partial charge in [-0.1, -0.05) is 6.07 Å². The van der Waals surface area contributed by atoms with Crippen LogP contribution < -0.4 is 10.6 Å². The van der Waals surface area contributed by atoms with Gasteiger partial charge in [0.05, 0.1) is 0 Å². The summed E-state index contributed by atoms with van der Waals surface area (Å²) in [4.78, 5) is 13.6. The number of nitrogen functional groups attached to an aromatic ring is 1. The molecule has 0 aromatic heterocycles. The van der Waals surface area contributed by atoms with E-state index in [1.807, 2.05) is 25.1 Å². The molecule has 2 rings (SSSR count). The Hall–Kier alpha value is -1.22.